The van der Waals surface area contributed by atoms with Crippen LogP contribution in [-0.2, 0) is 9.59 Å². The van der Waals surface area contributed by atoms with Crippen molar-refractivity contribution in [2.45, 2.75) is 109 Å². The minimum Gasteiger partial charge on any atom is -0.481 e. The predicted molar refractivity (Wildman–Crippen MR) is 133 cm³/mol. The van der Waals surface area contributed by atoms with Crippen LogP contribution in [0.2, 0.25) is 0 Å². The first-order valence-electron chi connectivity index (χ1n) is 13.5. The lowest BCUT2D eigenvalue weighted by molar-refractivity contribution is -0.139. The van der Waals surface area contributed by atoms with Crippen LogP contribution in [0.3, 0.4) is 0 Å². The van der Waals surface area contributed by atoms with E-state index < -0.39 is 18.0 Å². The largest absolute Gasteiger partial charge is 0.481 e. The minimum atomic E-state index is -0.791. The number of hydrogen-bond acceptors (Lipinski definition) is 4. The van der Waals surface area contributed by atoms with Crippen LogP contribution in [0.4, 0.5) is 0 Å². The topological polar surface area (TPSA) is 94.8 Å². The van der Waals surface area contributed by atoms with Gasteiger partial charge in [0.25, 0.3) is 0 Å². The number of carboxylic acids is 1. The van der Waals surface area contributed by atoms with E-state index in [-0.39, 0.29) is 36.1 Å². The van der Waals surface area contributed by atoms with E-state index in [2.05, 4.69) is 6.92 Å². The molecule has 0 bridgehead atoms. The van der Waals surface area contributed by atoms with Crippen LogP contribution in [-0.4, -0.2) is 39.3 Å². The number of carboxylic acid groups (broad SMARTS) is 1. The number of benzene rings is 1. The van der Waals surface area contributed by atoms with Gasteiger partial charge >= 0.3 is 5.97 Å². The highest BCUT2D eigenvalue weighted by atomic mass is 16.4. The Hall–Kier alpha value is -1.72. The van der Waals surface area contributed by atoms with Crippen molar-refractivity contribution in [3.8, 4) is 0 Å². The first-order chi connectivity index (χ1) is 16.4. The summed E-state index contributed by atoms with van der Waals surface area (Å²) in [5.74, 6) is -0.300. The summed E-state index contributed by atoms with van der Waals surface area (Å²) in [5, 5.41) is 30.8. The second kappa shape index (κ2) is 13.4. The van der Waals surface area contributed by atoms with Crippen LogP contribution in [0.15, 0.2) is 30.3 Å². The molecule has 2 aliphatic rings. The van der Waals surface area contributed by atoms with Gasteiger partial charge in [-0.1, -0.05) is 82.2 Å². The molecule has 2 fully saturated rings. The summed E-state index contributed by atoms with van der Waals surface area (Å²) in [6.45, 7) is 2.14. The number of unbranched alkanes of at least 4 members (excludes halogenated alkanes) is 2. The molecule has 34 heavy (non-hydrogen) atoms. The summed E-state index contributed by atoms with van der Waals surface area (Å²) in [6.07, 6.45) is 10.8. The van der Waals surface area contributed by atoms with Gasteiger partial charge in [0.15, 0.2) is 0 Å². The highest BCUT2D eigenvalue weighted by Crippen LogP contribution is 2.38. The van der Waals surface area contributed by atoms with Crippen LogP contribution in [0, 0.1) is 23.7 Å². The number of ketones is 1. The number of aliphatic hydroxyl groups is 2. The van der Waals surface area contributed by atoms with Crippen LogP contribution in [0.1, 0.15) is 102 Å². The number of aliphatic carboxylic acids is 1. The van der Waals surface area contributed by atoms with Crippen molar-refractivity contribution in [3.63, 3.8) is 0 Å². The Morgan fingerprint density at radius 2 is 1.74 bits per heavy atom. The van der Waals surface area contributed by atoms with Crippen LogP contribution in [0.25, 0.3) is 0 Å². The number of Topliss-reactive ketones (excluding diaryl/α,β-unsaturated/α-hetero) is 1. The van der Waals surface area contributed by atoms with Crippen molar-refractivity contribution in [3.05, 3.63) is 35.9 Å². The molecule has 0 heterocycles. The third-order valence-electron chi connectivity index (χ3n) is 8.48. The Bertz CT molecular complexity index is 757. The highest BCUT2D eigenvalue weighted by molar-refractivity contribution is 5.84. The van der Waals surface area contributed by atoms with Crippen molar-refractivity contribution in [1.82, 2.24) is 0 Å². The molecule has 190 valence electrons. The second-order valence-corrected chi connectivity index (χ2v) is 11.0. The molecule has 0 radical (unpaired) electrons. The number of rotatable bonds is 14. The van der Waals surface area contributed by atoms with Crippen LogP contribution in [0.5, 0.6) is 0 Å². The van der Waals surface area contributed by atoms with E-state index >= 15 is 0 Å². The van der Waals surface area contributed by atoms with Gasteiger partial charge in [-0.2, -0.15) is 0 Å². The SMILES string of the molecule is CC(CC1CCCC1)C(O)CC[C@H]1[C@H](O)CC(=O)[C@@H]1CCCCCC(C(=O)O)c1ccccc1. The first-order valence-corrected chi connectivity index (χ1v) is 13.5. The third kappa shape index (κ3) is 7.64. The summed E-state index contributed by atoms with van der Waals surface area (Å²) in [6, 6.07) is 9.36. The second-order valence-electron chi connectivity index (χ2n) is 11.0. The first kappa shape index (κ1) is 26.9. The number of carbonyl (C=O) groups is 2. The zero-order valence-corrected chi connectivity index (χ0v) is 20.8. The maximum absolute atomic E-state index is 12.5. The van der Waals surface area contributed by atoms with Gasteiger partial charge in [0.1, 0.15) is 5.78 Å². The Kier molecular flexibility index (Phi) is 10.6. The molecule has 5 heteroatoms. The molecule has 0 spiro atoms. The molecule has 2 saturated carbocycles. The summed E-state index contributed by atoms with van der Waals surface area (Å²) in [7, 11) is 0. The fraction of sp³-hybridized carbons (Fsp3) is 0.724. The van der Waals surface area contributed by atoms with Gasteiger partial charge < -0.3 is 15.3 Å². The normalized spacial score (nSPS) is 26.0. The molecule has 1 aromatic carbocycles. The predicted octanol–water partition coefficient (Wildman–Crippen LogP) is 5.73. The number of hydrogen-bond donors (Lipinski definition) is 3. The summed E-state index contributed by atoms with van der Waals surface area (Å²) < 4.78 is 0. The van der Waals surface area contributed by atoms with Gasteiger partial charge in [0.05, 0.1) is 18.1 Å². The molecule has 5 nitrogen and oxygen atoms in total. The van der Waals surface area contributed by atoms with Gasteiger partial charge in [-0.25, -0.2) is 0 Å². The number of aliphatic hydroxyl groups excluding tert-OH is 2. The summed E-state index contributed by atoms with van der Waals surface area (Å²) >= 11 is 0. The van der Waals surface area contributed by atoms with Gasteiger partial charge in [0.2, 0.25) is 0 Å². The quantitative estimate of drug-likeness (QED) is 0.301. The molecular weight excluding hydrogens is 428 g/mol. The smallest absolute Gasteiger partial charge is 0.310 e. The third-order valence-corrected chi connectivity index (χ3v) is 8.48. The van der Waals surface area contributed by atoms with Gasteiger partial charge in [0, 0.05) is 12.3 Å². The van der Waals surface area contributed by atoms with E-state index in [1.807, 2.05) is 30.3 Å². The lowest BCUT2D eigenvalue weighted by Gasteiger charge is -2.26. The maximum Gasteiger partial charge on any atom is 0.310 e. The van der Waals surface area contributed by atoms with Crippen molar-refractivity contribution in [2.75, 3.05) is 0 Å². The van der Waals surface area contributed by atoms with E-state index in [0.29, 0.717) is 19.3 Å². The average molecular weight is 473 g/mol. The fourth-order valence-electron chi connectivity index (χ4n) is 6.37. The van der Waals surface area contributed by atoms with E-state index in [1.165, 1.54) is 25.7 Å². The van der Waals surface area contributed by atoms with Crippen molar-refractivity contribution in [1.29, 1.82) is 0 Å². The Balaban J connectivity index is 1.41. The highest BCUT2D eigenvalue weighted by Gasteiger charge is 2.41. The molecule has 3 unspecified atom stereocenters. The van der Waals surface area contributed by atoms with Gasteiger partial charge in [-0.05, 0) is 55.4 Å². The molecule has 2 aliphatic carbocycles. The van der Waals surface area contributed by atoms with Crippen LogP contribution < -0.4 is 0 Å². The summed E-state index contributed by atoms with van der Waals surface area (Å²) in [5.41, 5.74) is 0.838. The molecule has 3 N–H and O–H groups in total. The Morgan fingerprint density at radius 3 is 2.41 bits per heavy atom. The van der Waals surface area contributed by atoms with Crippen molar-refractivity contribution >= 4 is 11.8 Å². The molecule has 6 atom stereocenters. The zero-order valence-electron chi connectivity index (χ0n) is 20.8. The average Bonchev–Trinajstić information content (AvgIpc) is 3.42. The van der Waals surface area contributed by atoms with E-state index in [1.54, 1.807) is 0 Å². The summed E-state index contributed by atoms with van der Waals surface area (Å²) in [4.78, 5) is 24.2. The Morgan fingerprint density at radius 1 is 1.03 bits per heavy atom. The van der Waals surface area contributed by atoms with Crippen molar-refractivity contribution < 1.29 is 24.9 Å². The lowest BCUT2D eigenvalue weighted by Crippen LogP contribution is -2.25. The maximum atomic E-state index is 12.5. The monoisotopic (exact) mass is 472 g/mol. The van der Waals surface area contributed by atoms with E-state index in [0.717, 1.165) is 43.6 Å². The molecule has 3 rings (SSSR count). The minimum absolute atomic E-state index is 0.0584. The van der Waals surface area contributed by atoms with E-state index in [9.17, 15) is 24.9 Å². The molecule has 0 aliphatic heterocycles. The molecule has 0 saturated heterocycles. The zero-order chi connectivity index (χ0) is 24.5. The number of carbonyl (C=O) groups excluding carboxylic acids is 1. The van der Waals surface area contributed by atoms with E-state index in [4.69, 9.17) is 0 Å². The standard InChI is InChI=1S/C29H44O5/c1-20(18-21-10-8-9-11-21)26(30)17-16-25-24(27(31)19-28(25)32)15-7-3-6-14-23(29(33)34)22-12-4-2-5-13-22/h2,4-5,12-13,20-21,23-26,28,30,32H,3,6-11,14-19H2,1H3,(H,33,34)/t20?,23?,24-,25-,26?,28-/m1/s1. The van der Waals surface area contributed by atoms with Crippen molar-refractivity contribution in [2.24, 2.45) is 23.7 Å². The Labute approximate surface area is 205 Å². The van der Waals surface area contributed by atoms with Gasteiger partial charge in [-0.3, -0.25) is 9.59 Å². The fourth-order valence-corrected chi connectivity index (χ4v) is 6.37. The lowest BCUT2D eigenvalue weighted by atomic mass is 9.82. The molecule has 1 aromatic rings. The van der Waals surface area contributed by atoms with Gasteiger partial charge in [-0.15, -0.1) is 0 Å². The molecule has 0 aromatic heterocycles. The molecule has 0 amide bonds. The van der Waals surface area contributed by atoms with Crippen LogP contribution >= 0.6 is 0 Å². The molecular formula is C29H44O5.